The van der Waals surface area contributed by atoms with Gasteiger partial charge in [0.1, 0.15) is 11.6 Å². The summed E-state index contributed by atoms with van der Waals surface area (Å²) in [6.45, 7) is 0. The van der Waals surface area contributed by atoms with Crippen LogP contribution in [0.1, 0.15) is 5.56 Å². The minimum Gasteiger partial charge on any atom is -0.423 e. The van der Waals surface area contributed by atoms with Crippen molar-refractivity contribution in [3.8, 4) is 5.75 Å². The maximum atomic E-state index is 12.8. The third-order valence-electron chi connectivity index (χ3n) is 3.24. The zero-order chi connectivity index (χ0) is 15.4. The van der Waals surface area contributed by atoms with Gasteiger partial charge >= 0.3 is 5.97 Å². The van der Waals surface area contributed by atoms with Crippen LogP contribution in [0.4, 0.5) is 4.39 Å². The van der Waals surface area contributed by atoms with E-state index < -0.39 is 5.97 Å². The minimum atomic E-state index is -0.472. The minimum absolute atomic E-state index is 0.310. The molecule has 3 rings (SSSR count). The molecule has 0 N–H and O–H groups in total. The van der Waals surface area contributed by atoms with Gasteiger partial charge in [-0.05, 0) is 35.2 Å². The van der Waals surface area contributed by atoms with E-state index in [1.54, 1.807) is 24.3 Å². The van der Waals surface area contributed by atoms with Crippen LogP contribution < -0.4 is 4.74 Å². The number of ether oxygens (including phenoxy) is 1. The van der Waals surface area contributed by atoms with E-state index in [0.717, 1.165) is 16.3 Å². The van der Waals surface area contributed by atoms with Crippen molar-refractivity contribution < 1.29 is 13.9 Å². The molecule has 0 aliphatic carbocycles. The van der Waals surface area contributed by atoms with Gasteiger partial charge in [-0.15, -0.1) is 0 Å². The van der Waals surface area contributed by atoms with E-state index in [4.69, 9.17) is 4.74 Å². The van der Waals surface area contributed by atoms with E-state index >= 15 is 0 Å². The molecular weight excluding hydrogens is 279 g/mol. The lowest BCUT2D eigenvalue weighted by Crippen LogP contribution is -2.03. The van der Waals surface area contributed by atoms with Gasteiger partial charge in [-0.2, -0.15) is 0 Å². The Morgan fingerprint density at radius 1 is 0.909 bits per heavy atom. The van der Waals surface area contributed by atoms with Crippen LogP contribution in [0.2, 0.25) is 0 Å². The van der Waals surface area contributed by atoms with Gasteiger partial charge in [0, 0.05) is 11.5 Å². The second-order valence-electron chi connectivity index (χ2n) is 4.78. The van der Waals surface area contributed by atoms with Crippen LogP contribution in [-0.4, -0.2) is 5.97 Å². The number of rotatable bonds is 3. The lowest BCUT2D eigenvalue weighted by Gasteiger charge is -2.05. The molecular formula is C19H13FO2. The zero-order valence-electron chi connectivity index (χ0n) is 11.7. The average Bonchev–Trinajstić information content (AvgIpc) is 2.55. The highest BCUT2D eigenvalue weighted by molar-refractivity contribution is 5.94. The van der Waals surface area contributed by atoms with Crippen molar-refractivity contribution in [2.45, 2.75) is 0 Å². The Balaban J connectivity index is 1.77. The highest BCUT2D eigenvalue weighted by Crippen LogP contribution is 2.25. The van der Waals surface area contributed by atoms with Crippen LogP contribution in [-0.2, 0) is 4.79 Å². The van der Waals surface area contributed by atoms with E-state index in [1.807, 2.05) is 36.4 Å². The number of fused-ring (bicyclic) bond motifs is 1. The molecule has 0 amide bonds. The summed E-state index contributed by atoms with van der Waals surface area (Å²) in [6, 6.07) is 19.1. The molecule has 0 bridgehead atoms. The smallest absolute Gasteiger partial charge is 0.336 e. The van der Waals surface area contributed by atoms with Crippen molar-refractivity contribution in [1.29, 1.82) is 0 Å². The van der Waals surface area contributed by atoms with Gasteiger partial charge in [-0.1, -0.05) is 48.5 Å². The quantitative estimate of drug-likeness (QED) is 0.401. The third-order valence-corrected chi connectivity index (χ3v) is 3.24. The first-order chi connectivity index (χ1) is 10.7. The largest absolute Gasteiger partial charge is 0.423 e. The number of hydrogen-bond donors (Lipinski definition) is 0. The summed E-state index contributed by atoms with van der Waals surface area (Å²) in [6.07, 6.45) is 2.92. The Kier molecular flexibility index (Phi) is 3.97. The molecule has 0 aromatic heterocycles. The lowest BCUT2D eigenvalue weighted by molar-refractivity contribution is -0.128. The molecule has 0 fully saturated rings. The van der Waals surface area contributed by atoms with E-state index in [-0.39, 0.29) is 5.82 Å². The molecule has 3 aromatic carbocycles. The van der Waals surface area contributed by atoms with Gasteiger partial charge in [0.15, 0.2) is 0 Å². The van der Waals surface area contributed by atoms with E-state index in [0.29, 0.717) is 5.75 Å². The standard InChI is InChI=1S/C19H13FO2/c20-16-11-8-14(9-12-16)10-13-19(21)22-18-7-3-5-15-4-1-2-6-17(15)18/h1-13H/b13-10+. The van der Waals surface area contributed by atoms with Gasteiger partial charge in [-0.3, -0.25) is 0 Å². The maximum absolute atomic E-state index is 12.8. The van der Waals surface area contributed by atoms with Gasteiger partial charge < -0.3 is 4.74 Å². The molecule has 0 unspecified atom stereocenters. The molecule has 0 radical (unpaired) electrons. The summed E-state index contributed by atoms with van der Waals surface area (Å²) in [5.41, 5.74) is 0.733. The third kappa shape index (κ3) is 3.20. The number of benzene rings is 3. The number of halogens is 1. The van der Waals surface area contributed by atoms with Crippen molar-refractivity contribution in [1.82, 2.24) is 0 Å². The zero-order valence-corrected chi connectivity index (χ0v) is 11.7. The fourth-order valence-corrected chi connectivity index (χ4v) is 2.17. The molecule has 0 saturated carbocycles. The van der Waals surface area contributed by atoms with Gasteiger partial charge in [0.2, 0.25) is 0 Å². The highest BCUT2D eigenvalue weighted by Gasteiger charge is 2.05. The maximum Gasteiger partial charge on any atom is 0.336 e. The molecule has 0 saturated heterocycles. The van der Waals surface area contributed by atoms with Gasteiger partial charge in [-0.25, -0.2) is 9.18 Å². The highest BCUT2D eigenvalue weighted by atomic mass is 19.1. The predicted molar refractivity (Wildman–Crippen MR) is 85.0 cm³/mol. The summed E-state index contributed by atoms with van der Waals surface area (Å²) in [7, 11) is 0. The van der Waals surface area contributed by atoms with Crippen molar-refractivity contribution in [2.24, 2.45) is 0 Å². The Morgan fingerprint density at radius 3 is 2.45 bits per heavy atom. The van der Waals surface area contributed by atoms with Gasteiger partial charge in [0.05, 0.1) is 0 Å². The van der Waals surface area contributed by atoms with E-state index in [2.05, 4.69) is 0 Å². The first kappa shape index (κ1) is 14.0. The van der Waals surface area contributed by atoms with Crippen molar-refractivity contribution in [2.75, 3.05) is 0 Å². The summed E-state index contributed by atoms with van der Waals surface area (Å²) in [4.78, 5) is 11.9. The molecule has 108 valence electrons. The second kappa shape index (κ2) is 6.22. The summed E-state index contributed by atoms with van der Waals surface area (Å²) in [5, 5.41) is 1.89. The Morgan fingerprint density at radius 2 is 1.64 bits per heavy atom. The molecule has 3 heteroatoms. The van der Waals surface area contributed by atoms with Crippen molar-refractivity contribution >= 4 is 22.8 Å². The predicted octanol–water partition coefficient (Wildman–Crippen LogP) is 4.60. The number of hydrogen-bond acceptors (Lipinski definition) is 2. The molecule has 0 aliphatic rings. The molecule has 0 heterocycles. The van der Waals surface area contributed by atoms with Crippen LogP contribution in [0.25, 0.3) is 16.8 Å². The molecule has 22 heavy (non-hydrogen) atoms. The normalized spacial score (nSPS) is 11.0. The van der Waals surface area contributed by atoms with E-state index in [9.17, 15) is 9.18 Å². The van der Waals surface area contributed by atoms with Crippen LogP contribution in [0.5, 0.6) is 5.75 Å². The number of carbonyl (C=O) groups excluding carboxylic acids is 1. The molecule has 0 aliphatic heterocycles. The summed E-state index contributed by atoms with van der Waals surface area (Å²) < 4.78 is 18.2. The van der Waals surface area contributed by atoms with Crippen LogP contribution >= 0.6 is 0 Å². The molecule has 2 nitrogen and oxygen atoms in total. The average molecular weight is 292 g/mol. The first-order valence-corrected chi connectivity index (χ1v) is 6.85. The number of carbonyl (C=O) groups is 1. The lowest BCUT2D eigenvalue weighted by atomic mass is 10.1. The van der Waals surface area contributed by atoms with Crippen LogP contribution in [0.3, 0.4) is 0 Å². The van der Waals surface area contributed by atoms with Gasteiger partial charge in [0.25, 0.3) is 0 Å². The Labute approximate surface area is 127 Å². The fourth-order valence-electron chi connectivity index (χ4n) is 2.17. The summed E-state index contributed by atoms with van der Waals surface area (Å²) in [5.74, 6) is -0.261. The van der Waals surface area contributed by atoms with Crippen molar-refractivity contribution in [3.05, 3.63) is 84.2 Å². The second-order valence-corrected chi connectivity index (χ2v) is 4.78. The summed E-state index contributed by atoms with van der Waals surface area (Å²) >= 11 is 0. The topological polar surface area (TPSA) is 26.3 Å². The SMILES string of the molecule is O=C(/C=C/c1ccc(F)cc1)Oc1cccc2ccccc12. The Bertz CT molecular complexity index is 830. The monoisotopic (exact) mass is 292 g/mol. The molecule has 0 atom stereocenters. The van der Waals surface area contributed by atoms with Crippen LogP contribution in [0, 0.1) is 5.82 Å². The van der Waals surface area contributed by atoms with Crippen molar-refractivity contribution in [3.63, 3.8) is 0 Å². The fraction of sp³-hybridized carbons (Fsp3) is 0. The number of esters is 1. The Hall–Kier alpha value is -2.94. The van der Waals surface area contributed by atoms with Crippen LogP contribution in [0.15, 0.2) is 72.8 Å². The van der Waals surface area contributed by atoms with E-state index in [1.165, 1.54) is 18.2 Å². The molecule has 3 aromatic rings. The molecule has 0 spiro atoms. The first-order valence-electron chi connectivity index (χ1n) is 6.85.